The molecular formula is C27H13BrN4. The molecule has 4 aromatic carbocycles. The summed E-state index contributed by atoms with van der Waals surface area (Å²) in [4.78, 5) is 0. The molecular weight excluding hydrogens is 460 g/mol. The maximum absolute atomic E-state index is 9.56. The molecule has 0 radical (unpaired) electrons. The van der Waals surface area contributed by atoms with Crippen molar-refractivity contribution in [3.8, 4) is 35.0 Å². The van der Waals surface area contributed by atoms with Gasteiger partial charge in [0.2, 0.25) is 0 Å². The molecule has 32 heavy (non-hydrogen) atoms. The monoisotopic (exact) mass is 472 g/mol. The third-order valence-corrected chi connectivity index (χ3v) is 5.98. The van der Waals surface area contributed by atoms with E-state index < -0.39 is 0 Å². The van der Waals surface area contributed by atoms with E-state index in [2.05, 4.69) is 44.8 Å². The average molecular weight is 473 g/mol. The normalized spacial score (nSPS) is 10.6. The zero-order chi connectivity index (χ0) is 22.2. The zero-order valence-electron chi connectivity index (χ0n) is 16.7. The summed E-state index contributed by atoms with van der Waals surface area (Å²) < 4.78 is 3.01. The van der Waals surface area contributed by atoms with Crippen molar-refractivity contribution in [3.63, 3.8) is 0 Å². The lowest BCUT2D eigenvalue weighted by Gasteiger charge is -2.12. The Morgan fingerprint density at radius 1 is 0.656 bits per heavy atom. The van der Waals surface area contributed by atoms with Crippen LogP contribution in [0.5, 0.6) is 0 Å². The van der Waals surface area contributed by atoms with Crippen molar-refractivity contribution in [1.82, 2.24) is 4.57 Å². The van der Waals surface area contributed by atoms with Gasteiger partial charge in [0, 0.05) is 20.9 Å². The molecule has 5 rings (SSSR count). The largest absolute Gasteiger partial charge is 0.309 e. The number of nitrogens with zero attached hydrogens (tertiary/aromatic N) is 4. The van der Waals surface area contributed by atoms with Crippen LogP contribution in [0.4, 0.5) is 0 Å². The van der Waals surface area contributed by atoms with Crippen LogP contribution < -0.4 is 0 Å². The van der Waals surface area contributed by atoms with E-state index in [1.165, 1.54) is 0 Å². The summed E-state index contributed by atoms with van der Waals surface area (Å²) in [5.74, 6) is 0. The highest BCUT2D eigenvalue weighted by Gasteiger charge is 2.15. The molecule has 0 bridgehead atoms. The predicted octanol–water partition coefficient (Wildman–Crippen LogP) is 6.83. The second-order valence-electron chi connectivity index (χ2n) is 7.38. The summed E-state index contributed by atoms with van der Waals surface area (Å²) in [6, 6.07) is 31.4. The van der Waals surface area contributed by atoms with Gasteiger partial charge in [0.25, 0.3) is 0 Å². The van der Waals surface area contributed by atoms with Gasteiger partial charge in [0.05, 0.1) is 45.9 Å². The second kappa shape index (κ2) is 7.71. The van der Waals surface area contributed by atoms with Crippen molar-refractivity contribution in [3.05, 3.63) is 100 Å². The fourth-order valence-corrected chi connectivity index (χ4v) is 4.61. The van der Waals surface area contributed by atoms with Crippen LogP contribution in [-0.4, -0.2) is 4.57 Å². The Morgan fingerprint density at radius 2 is 1.28 bits per heavy atom. The predicted molar refractivity (Wildman–Crippen MR) is 128 cm³/mol. The third-order valence-electron chi connectivity index (χ3n) is 5.52. The maximum Gasteiger partial charge on any atom is 0.0998 e. The lowest BCUT2D eigenvalue weighted by molar-refractivity contribution is 1.18. The van der Waals surface area contributed by atoms with Crippen LogP contribution in [-0.2, 0) is 0 Å². The Kier molecular flexibility index (Phi) is 4.72. The van der Waals surface area contributed by atoms with E-state index in [0.717, 1.165) is 43.1 Å². The number of halogens is 1. The first kappa shape index (κ1) is 19.6. The highest BCUT2D eigenvalue weighted by Crippen LogP contribution is 2.36. The van der Waals surface area contributed by atoms with Crippen molar-refractivity contribution in [2.45, 2.75) is 0 Å². The SMILES string of the molecule is N#Cc1ccc2c(c1)c1cc(C#N)ccc1n2-c1cc(Br)cc(-c2ccccc2C#N)c1. The second-order valence-corrected chi connectivity index (χ2v) is 8.29. The molecule has 0 saturated carbocycles. The summed E-state index contributed by atoms with van der Waals surface area (Å²) in [6.45, 7) is 0. The van der Waals surface area contributed by atoms with Gasteiger partial charge in [-0.1, -0.05) is 34.1 Å². The zero-order valence-corrected chi connectivity index (χ0v) is 18.3. The Hall–Kier alpha value is -4.37. The minimum Gasteiger partial charge on any atom is -0.309 e. The summed E-state index contributed by atoms with van der Waals surface area (Å²) in [5.41, 5.74) is 6.31. The fraction of sp³-hybridized carbons (Fsp3) is 0. The number of hydrogen-bond acceptors (Lipinski definition) is 3. The van der Waals surface area contributed by atoms with Gasteiger partial charge in [-0.25, -0.2) is 0 Å². The Morgan fingerprint density at radius 3 is 1.88 bits per heavy atom. The molecule has 4 nitrogen and oxygen atoms in total. The lowest BCUT2D eigenvalue weighted by atomic mass is 10.00. The van der Waals surface area contributed by atoms with E-state index in [0.29, 0.717) is 16.7 Å². The van der Waals surface area contributed by atoms with Crippen LogP contribution in [0.3, 0.4) is 0 Å². The van der Waals surface area contributed by atoms with E-state index >= 15 is 0 Å². The number of fused-ring (bicyclic) bond motifs is 3. The number of benzene rings is 4. The molecule has 1 aromatic heterocycles. The van der Waals surface area contributed by atoms with Gasteiger partial charge in [-0.15, -0.1) is 0 Å². The quantitative estimate of drug-likeness (QED) is 0.282. The van der Waals surface area contributed by atoms with Crippen LogP contribution >= 0.6 is 15.9 Å². The molecule has 0 saturated heterocycles. The van der Waals surface area contributed by atoms with Crippen molar-refractivity contribution >= 4 is 37.7 Å². The molecule has 0 N–H and O–H groups in total. The summed E-state index contributed by atoms with van der Waals surface area (Å²) >= 11 is 3.63. The minimum atomic E-state index is 0.566. The first-order valence-electron chi connectivity index (χ1n) is 9.82. The number of aromatic nitrogens is 1. The van der Waals surface area contributed by atoms with E-state index in [9.17, 15) is 15.8 Å². The topological polar surface area (TPSA) is 76.3 Å². The molecule has 0 aliphatic rings. The van der Waals surface area contributed by atoms with Crippen LogP contribution in [0.25, 0.3) is 38.6 Å². The highest BCUT2D eigenvalue weighted by molar-refractivity contribution is 9.10. The number of rotatable bonds is 2. The Balaban J connectivity index is 1.86. The van der Waals surface area contributed by atoms with Crippen molar-refractivity contribution < 1.29 is 0 Å². The molecule has 0 aliphatic heterocycles. The molecule has 1 heterocycles. The van der Waals surface area contributed by atoms with Crippen LogP contribution in [0, 0.1) is 34.0 Å². The summed E-state index contributed by atoms with van der Waals surface area (Å²) in [7, 11) is 0. The van der Waals surface area contributed by atoms with E-state index in [1.54, 1.807) is 12.1 Å². The maximum atomic E-state index is 9.56. The van der Waals surface area contributed by atoms with Crippen LogP contribution in [0.1, 0.15) is 16.7 Å². The molecule has 5 heteroatoms. The minimum absolute atomic E-state index is 0.566. The number of hydrogen-bond donors (Lipinski definition) is 0. The molecule has 0 amide bonds. The van der Waals surface area contributed by atoms with E-state index in [4.69, 9.17) is 0 Å². The van der Waals surface area contributed by atoms with Crippen molar-refractivity contribution in [2.24, 2.45) is 0 Å². The Labute approximate surface area is 192 Å². The van der Waals surface area contributed by atoms with E-state index in [1.807, 2.05) is 60.7 Å². The van der Waals surface area contributed by atoms with Gasteiger partial charge < -0.3 is 4.57 Å². The van der Waals surface area contributed by atoms with Gasteiger partial charge in [-0.2, -0.15) is 15.8 Å². The molecule has 148 valence electrons. The molecule has 0 aliphatic carbocycles. The number of nitriles is 3. The third kappa shape index (κ3) is 3.12. The van der Waals surface area contributed by atoms with Gasteiger partial charge in [0.15, 0.2) is 0 Å². The van der Waals surface area contributed by atoms with Gasteiger partial charge >= 0.3 is 0 Å². The van der Waals surface area contributed by atoms with Crippen molar-refractivity contribution in [1.29, 1.82) is 15.8 Å². The van der Waals surface area contributed by atoms with E-state index in [-0.39, 0.29) is 0 Å². The first-order chi connectivity index (χ1) is 15.6. The van der Waals surface area contributed by atoms with Crippen LogP contribution in [0.2, 0.25) is 0 Å². The van der Waals surface area contributed by atoms with Gasteiger partial charge in [-0.05, 0) is 71.8 Å². The van der Waals surface area contributed by atoms with Crippen molar-refractivity contribution in [2.75, 3.05) is 0 Å². The smallest absolute Gasteiger partial charge is 0.0998 e. The molecule has 5 aromatic rings. The molecule has 0 fully saturated rings. The summed E-state index contributed by atoms with van der Waals surface area (Å²) in [6.07, 6.45) is 0. The lowest BCUT2D eigenvalue weighted by Crippen LogP contribution is -1.95. The highest BCUT2D eigenvalue weighted by atomic mass is 79.9. The average Bonchev–Trinajstić information content (AvgIpc) is 3.16. The van der Waals surface area contributed by atoms with Gasteiger partial charge in [0.1, 0.15) is 0 Å². The summed E-state index contributed by atoms with van der Waals surface area (Å²) in [5, 5.41) is 30.2. The standard InChI is InChI=1S/C27H13BrN4/c28-21-11-20(23-4-2-1-3-19(23)16-31)12-22(13-21)32-26-7-5-17(14-29)9-24(26)25-10-18(15-30)6-8-27(25)32/h1-13H. The van der Waals surface area contributed by atoms with Crippen LogP contribution in [0.15, 0.2) is 83.3 Å². The molecule has 0 atom stereocenters. The Bertz CT molecular complexity index is 1600. The molecule has 0 spiro atoms. The fourth-order valence-electron chi connectivity index (χ4n) is 4.13. The first-order valence-corrected chi connectivity index (χ1v) is 10.6. The van der Waals surface area contributed by atoms with Gasteiger partial charge in [-0.3, -0.25) is 0 Å². The molecule has 0 unspecified atom stereocenters.